The van der Waals surface area contributed by atoms with Crippen molar-refractivity contribution in [3.05, 3.63) is 29.3 Å². The molecule has 1 amide bonds. The summed E-state index contributed by atoms with van der Waals surface area (Å²) in [5.74, 6) is -0.0174. The van der Waals surface area contributed by atoms with Gasteiger partial charge in [-0.05, 0) is 49.7 Å². The van der Waals surface area contributed by atoms with Crippen molar-refractivity contribution in [1.82, 2.24) is 5.32 Å². The minimum Gasteiger partial charge on any atom is -0.332 e. The average molecular weight is 278 g/mol. The number of benzene rings is 1. The first-order chi connectivity index (χ1) is 9.04. The number of anilines is 1. The minimum absolute atomic E-state index is 0.0174. The highest BCUT2D eigenvalue weighted by Gasteiger charge is 2.06. The molecule has 2 N–H and O–H groups in total. The molecule has 0 radical (unpaired) electrons. The Kier molecular flexibility index (Phi) is 6.50. The molecule has 1 rings (SSSR count). The van der Waals surface area contributed by atoms with E-state index in [9.17, 15) is 4.79 Å². The van der Waals surface area contributed by atoms with Crippen LogP contribution in [0.25, 0.3) is 0 Å². The van der Waals surface area contributed by atoms with Crippen molar-refractivity contribution in [1.29, 1.82) is 0 Å². The number of thiocarbonyl (C=S) groups is 1. The Labute approximate surface area is 120 Å². The second-order valence-corrected chi connectivity index (χ2v) is 5.12. The maximum Gasteiger partial charge on any atom is 0.226 e. The van der Waals surface area contributed by atoms with E-state index in [1.807, 2.05) is 32.0 Å². The van der Waals surface area contributed by atoms with Gasteiger partial charge in [0.25, 0.3) is 0 Å². The lowest BCUT2D eigenvalue weighted by atomic mass is 10.1. The van der Waals surface area contributed by atoms with Gasteiger partial charge in [-0.2, -0.15) is 0 Å². The third-order valence-electron chi connectivity index (χ3n) is 3.11. The molecule has 104 valence electrons. The number of hydrogen-bond acceptors (Lipinski definition) is 2. The lowest BCUT2D eigenvalue weighted by Gasteiger charge is -2.13. The lowest BCUT2D eigenvalue weighted by molar-refractivity contribution is -0.119. The average Bonchev–Trinajstić information content (AvgIpc) is 2.35. The fourth-order valence-corrected chi connectivity index (χ4v) is 1.99. The van der Waals surface area contributed by atoms with Crippen LogP contribution in [0.5, 0.6) is 0 Å². The molecule has 3 nitrogen and oxygen atoms in total. The van der Waals surface area contributed by atoms with Crippen LogP contribution in [0.3, 0.4) is 0 Å². The molecule has 0 spiro atoms. The van der Waals surface area contributed by atoms with E-state index in [4.69, 9.17) is 12.2 Å². The van der Waals surface area contributed by atoms with Crippen LogP contribution < -0.4 is 10.6 Å². The topological polar surface area (TPSA) is 41.1 Å². The number of unbranched alkanes of at least 4 members (excludes halogenated alkanes) is 2. The fourth-order valence-electron chi connectivity index (χ4n) is 1.76. The van der Waals surface area contributed by atoms with Crippen LogP contribution in [0.1, 0.15) is 43.7 Å². The van der Waals surface area contributed by atoms with Crippen molar-refractivity contribution in [2.45, 2.75) is 46.5 Å². The first-order valence-electron chi connectivity index (χ1n) is 6.71. The Hall–Kier alpha value is -1.42. The molecular weight excluding hydrogens is 256 g/mol. The van der Waals surface area contributed by atoms with Crippen LogP contribution in [-0.4, -0.2) is 11.0 Å². The standard InChI is InChI=1S/C15H22N2OS/c1-4-5-6-10-14(18)17-15(19)16-13-9-7-8-11(2)12(13)3/h7-9H,4-6,10H2,1-3H3,(H2,16,17,18,19). The second-order valence-electron chi connectivity index (χ2n) is 4.71. The molecule has 0 heterocycles. The van der Waals surface area contributed by atoms with E-state index in [0.717, 1.165) is 30.5 Å². The quantitative estimate of drug-likeness (QED) is 0.637. The molecule has 0 aliphatic rings. The molecule has 19 heavy (non-hydrogen) atoms. The molecular formula is C15H22N2OS. The highest BCUT2D eigenvalue weighted by molar-refractivity contribution is 7.80. The Bertz CT molecular complexity index is 457. The Morgan fingerprint density at radius 2 is 2.00 bits per heavy atom. The number of aryl methyl sites for hydroxylation is 1. The van der Waals surface area contributed by atoms with Gasteiger partial charge in [-0.15, -0.1) is 0 Å². The van der Waals surface area contributed by atoms with Crippen LogP contribution in [0, 0.1) is 13.8 Å². The first kappa shape index (κ1) is 15.6. The maximum absolute atomic E-state index is 11.6. The SMILES string of the molecule is CCCCCC(=O)NC(=S)Nc1cccc(C)c1C. The van der Waals surface area contributed by atoms with E-state index in [2.05, 4.69) is 17.6 Å². The normalized spacial score (nSPS) is 10.1. The van der Waals surface area contributed by atoms with E-state index in [1.165, 1.54) is 5.56 Å². The number of carbonyl (C=O) groups is 1. The molecule has 1 aromatic carbocycles. The van der Waals surface area contributed by atoms with Gasteiger partial charge in [-0.25, -0.2) is 0 Å². The summed E-state index contributed by atoms with van der Waals surface area (Å²) in [5, 5.41) is 6.16. The van der Waals surface area contributed by atoms with E-state index >= 15 is 0 Å². The molecule has 4 heteroatoms. The zero-order chi connectivity index (χ0) is 14.3. The zero-order valence-electron chi connectivity index (χ0n) is 11.9. The van der Waals surface area contributed by atoms with Crippen LogP contribution in [0.4, 0.5) is 5.69 Å². The minimum atomic E-state index is -0.0174. The van der Waals surface area contributed by atoms with Crippen molar-refractivity contribution in [3.8, 4) is 0 Å². The molecule has 0 fully saturated rings. The molecule has 0 unspecified atom stereocenters. The zero-order valence-corrected chi connectivity index (χ0v) is 12.7. The largest absolute Gasteiger partial charge is 0.332 e. The van der Waals surface area contributed by atoms with E-state index in [1.54, 1.807) is 0 Å². The van der Waals surface area contributed by atoms with Gasteiger partial charge in [0.2, 0.25) is 5.91 Å². The summed E-state index contributed by atoms with van der Waals surface area (Å²) >= 11 is 5.15. The summed E-state index contributed by atoms with van der Waals surface area (Å²) in [5.41, 5.74) is 3.28. The van der Waals surface area contributed by atoms with Crippen LogP contribution >= 0.6 is 12.2 Å². The van der Waals surface area contributed by atoms with Crippen molar-refractivity contribution in [2.75, 3.05) is 5.32 Å². The smallest absolute Gasteiger partial charge is 0.226 e. The Morgan fingerprint density at radius 3 is 2.68 bits per heavy atom. The molecule has 0 bridgehead atoms. The van der Waals surface area contributed by atoms with Crippen LogP contribution in [-0.2, 0) is 4.79 Å². The van der Waals surface area contributed by atoms with Gasteiger partial charge in [0.15, 0.2) is 5.11 Å². The van der Waals surface area contributed by atoms with Gasteiger partial charge in [0.1, 0.15) is 0 Å². The molecule has 1 aromatic rings. The van der Waals surface area contributed by atoms with E-state index < -0.39 is 0 Å². The van der Waals surface area contributed by atoms with Gasteiger partial charge in [-0.1, -0.05) is 31.9 Å². The third-order valence-corrected chi connectivity index (χ3v) is 3.32. The summed E-state index contributed by atoms with van der Waals surface area (Å²) in [6.45, 7) is 6.20. The number of carbonyl (C=O) groups excluding carboxylic acids is 1. The number of nitrogens with one attached hydrogen (secondary N) is 2. The van der Waals surface area contributed by atoms with Crippen molar-refractivity contribution in [3.63, 3.8) is 0 Å². The fraction of sp³-hybridized carbons (Fsp3) is 0.467. The van der Waals surface area contributed by atoms with E-state index in [-0.39, 0.29) is 5.91 Å². The van der Waals surface area contributed by atoms with Gasteiger partial charge in [-0.3, -0.25) is 4.79 Å². The summed E-state index contributed by atoms with van der Waals surface area (Å²) < 4.78 is 0. The molecule has 0 saturated carbocycles. The second kappa shape index (κ2) is 7.89. The molecule has 0 saturated heterocycles. The van der Waals surface area contributed by atoms with Crippen LogP contribution in [0.15, 0.2) is 18.2 Å². The molecule has 0 aliphatic heterocycles. The number of hydrogen-bond donors (Lipinski definition) is 2. The van der Waals surface area contributed by atoms with E-state index in [0.29, 0.717) is 11.5 Å². The molecule has 0 atom stereocenters. The van der Waals surface area contributed by atoms with Crippen LogP contribution in [0.2, 0.25) is 0 Å². The molecule has 0 aliphatic carbocycles. The predicted octanol–water partition coefficient (Wildman–Crippen LogP) is 3.70. The summed E-state index contributed by atoms with van der Waals surface area (Å²) in [4.78, 5) is 11.6. The Morgan fingerprint density at radius 1 is 1.26 bits per heavy atom. The Balaban J connectivity index is 2.47. The number of rotatable bonds is 5. The third kappa shape index (κ3) is 5.39. The maximum atomic E-state index is 11.6. The van der Waals surface area contributed by atoms with Gasteiger partial charge >= 0.3 is 0 Å². The lowest BCUT2D eigenvalue weighted by Crippen LogP contribution is -2.34. The van der Waals surface area contributed by atoms with Gasteiger partial charge in [0.05, 0.1) is 0 Å². The predicted molar refractivity (Wildman–Crippen MR) is 84.4 cm³/mol. The first-order valence-corrected chi connectivity index (χ1v) is 7.12. The van der Waals surface area contributed by atoms with Gasteiger partial charge in [0, 0.05) is 12.1 Å². The monoisotopic (exact) mass is 278 g/mol. The molecule has 0 aromatic heterocycles. The van der Waals surface area contributed by atoms with Crippen molar-refractivity contribution < 1.29 is 4.79 Å². The van der Waals surface area contributed by atoms with Crippen molar-refractivity contribution in [2.24, 2.45) is 0 Å². The van der Waals surface area contributed by atoms with Crippen molar-refractivity contribution >= 4 is 28.9 Å². The highest BCUT2D eigenvalue weighted by Crippen LogP contribution is 2.17. The number of amides is 1. The summed E-state index contributed by atoms with van der Waals surface area (Å²) in [7, 11) is 0. The van der Waals surface area contributed by atoms with Gasteiger partial charge < -0.3 is 10.6 Å². The highest BCUT2D eigenvalue weighted by atomic mass is 32.1. The summed E-state index contributed by atoms with van der Waals surface area (Å²) in [6, 6.07) is 5.97. The summed E-state index contributed by atoms with van der Waals surface area (Å²) in [6.07, 6.45) is 3.62.